The third-order valence-corrected chi connectivity index (χ3v) is 5.60. The molecule has 6 heteroatoms. The monoisotopic (exact) mass is 427 g/mol. The first kappa shape index (κ1) is 19.4. The van der Waals surface area contributed by atoms with Gasteiger partial charge in [0.05, 0.1) is 6.10 Å². The summed E-state index contributed by atoms with van der Waals surface area (Å²) in [5, 5.41) is 17.6. The topological polar surface area (TPSA) is 56.7 Å². The first-order valence-electron chi connectivity index (χ1n) is 7.98. The third kappa shape index (κ3) is 6.14. The molecule has 0 saturated heterocycles. The summed E-state index contributed by atoms with van der Waals surface area (Å²) in [6, 6.07) is 0.554. The van der Waals surface area contributed by atoms with Gasteiger partial charge in [-0.1, -0.05) is 6.42 Å². The maximum atomic E-state index is 9.87. The van der Waals surface area contributed by atoms with Gasteiger partial charge < -0.3 is 15.7 Å². The van der Waals surface area contributed by atoms with Crippen LogP contribution in [0.1, 0.15) is 45.4 Å². The van der Waals surface area contributed by atoms with Crippen LogP contribution in [-0.4, -0.2) is 47.8 Å². The predicted octanol–water partition coefficient (Wildman–Crippen LogP) is 2.60. The van der Waals surface area contributed by atoms with E-state index in [1.807, 2.05) is 11.8 Å². The Balaban J connectivity index is 0.00000220. The lowest BCUT2D eigenvalue weighted by atomic mass is 10.1. The Morgan fingerprint density at radius 2 is 2.10 bits per heavy atom. The predicted molar refractivity (Wildman–Crippen MR) is 103 cm³/mol. The van der Waals surface area contributed by atoms with Gasteiger partial charge in [0.2, 0.25) is 0 Å². The third-order valence-electron chi connectivity index (χ3n) is 4.51. The maximum Gasteiger partial charge on any atom is 0.191 e. The van der Waals surface area contributed by atoms with Crippen LogP contribution in [0.15, 0.2) is 4.99 Å². The van der Waals surface area contributed by atoms with E-state index in [4.69, 9.17) is 0 Å². The van der Waals surface area contributed by atoms with E-state index in [0.717, 1.165) is 43.6 Å². The number of nitrogens with one attached hydrogen (secondary N) is 2. The second kappa shape index (κ2) is 10.2. The fraction of sp³-hybridized carbons (Fsp3) is 0.933. The van der Waals surface area contributed by atoms with Crippen molar-refractivity contribution in [1.29, 1.82) is 0 Å². The Bertz CT molecular complexity index is 330. The van der Waals surface area contributed by atoms with Gasteiger partial charge in [0.15, 0.2) is 5.96 Å². The lowest BCUT2D eigenvalue weighted by Crippen LogP contribution is -2.43. The van der Waals surface area contributed by atoms with E-state index >= 15 is 0 Å². The fourth-order valence-electron chi connectivity index (χ4n) is 3.24. The molecule has 0 aromatic heterocycles. The summed E-state index contributed by atoms with van der Waals surface area (Å²) < 4.78 is 0. The van der Waals surface area contributed by atoms with Crippen LogP contribution in [0.25, 0.3) is 0 Å². The summed E-state index contributed by atoms with van der Waals surface area (Å²) in [4.78, 5) is 4.69. The van der Waals surface area contributed by atoms with Crippen molar-refractivity contribution in [1.82, 2.24) is 10.6 Å². The van der Waals surface area contributed by atoms with Crippen molar-refractivity contribution in [3.63, 3.8) is 0 Å². The Morgan fingerprint density at radius 1 is 1.29 bits per heavy atom. The Hall–Kier alpha value is 0.310. The fourth-order valence-corrected chi connectivity index (χ4v) is 4.03. The van der Waals surface area contributed by atoms with Crippen LogP contribution < -0.4 is 10.6 Å². The standard InChI is InChI=1S/C15H29N3OS.HI/c1-3-16-15(17-10-11-5-4-6-14(11)19)18-12-7-8-13(9-12)20-2;/h11-14,19H,3-10H2,1-2H3,(H2,16,17,18);1H. The van der Waals surface area contributed by atoms with E-state index in [1.165, 1.54) is 19.3 Å². The first-order chi connectivity index (χ1) is 9.72. The molecule has 0 aliphatic heterocycles. The molecule has 0 spiro atoms. The van der Waals surface area contributed by atoms with Crippen molar-refractivity contribution in [2.45, 2.75) is 62.8 Å². The van der Waals surface area contributed by atoms with E-state index in [0.29, 0.717) is 12.0 Å². The minimum Gasteiger partial charge on any atom is -0.393 e. The van der Waals surface area contributed by atoms with Crippen LogP contribution in [0.2, 0.25) is 0 Å². The van der Waals surface area contributed by atoms with Crippen LogP contribution in [-0.2, 0) is 0 Å². The van der Waals surface area contributed by atoms with Gasteiger partial charge in [-0.3, -0.25) is 4.99 Å². The minimum absolute atomic E-state index is 0. The van der Waals surface area contributed by atoms with E-state index in [2.05, 4.69) is 28.8 Å². The highest BCUT2D eigenvalue weighted by Gasteiger charge is 2.26. The smallest absolute Gasteiger partial charge is 0.191 e. The number of aliphatic hydroxyl groups is 1. The number of rotatable bonds is 5. The second-order valence-corrected chi connectivity index (χ2v) is 7.13. The Labute approximate surface area is 150 Å². The summed E-state index contributed by atoms with van der Waals surface area (Å²) in [5.41, 5.74) is 0. The van der Waals surface area contributed by atoms with E-state index in [1.54, 1.807) is 0 Å². The van der Waals surface area contributed by atoms with Crippen LogP contribution in [0, 0.1) is 5.92 Å². The van der Waals surface area contributed by atoms with Gasteiger partial charge in [-0.05, 0) is 45.3 Å². The second-order valence-electron chi connectivity index (χ2n) is 5.99. The molecule has 4 atom stereocenters. The number of hydrogen-bond acceptors (Lipinski definition) is 3. The zero-order valence-electron chi connectivity index (χ0n) is 13.2. The number of halogens is 1. The average molecular weight is 427 g/mol. The largest absolute Gasteiger partial charge is 0.393 e. The summed E-state index contributed by atoms with van der Waals surface area (Å²) in [6.45, 7) is 3.73. The highest BCUT2D eigenvalue weighted by Crippen LogP contribution is 2.28. The minimum atomic E-state index is -0.144. The molecule has 2 rings (SSSR count). The molecular weight excluding hydrogens is 397 g/mol. The lowest BCUT2D eigenvalue weighted by Gasteiger charge is -2.18. The quantitative estimate of drug-likeness (QED) is 0.359. The maximum absolute atomic E-state index is 9.87. The number of thioether (sulfide) groups is 1. The van der Waals surface area contributed by atoms with Crippen LogP contribution >= 0.6 is 35.7 Å². The Morgan fingerprint density at radius 3 is 2.67 bits per heavy atom. The van der Waals surface area contributed by atoms with Crippen LogP contribution in [0.5, 0.6) is 0 Å². The molecule has 0 aromatic rings. The number of nitrogens with zero attached hydrogens (tertiary/aromatic N) is 1. The number of guanidine groups is 1. The molecule has 0 radical (unpaired) electrons. The van der Waals surface area contributed by atoms with Crippen molar-refractivity contribution in [3.8, 4) is 0 Å². The summed E-state index contributed by atoms with van der Waals surface area (Å²) in [6.07, 6.45) is 9.04. The summed E-state index contributed by atoms with van der Waals surface area (Å²) >= 11 is 1.98. The zero-order valence-corrected chi connectivity index (χ0v) is 16.3. The van der Waals surface area contributed by atoms with Crippen LogP contribution in [0.4, 0.5) is 0 Å². The highest BCUT2D eigenvalue weighted by molar-refractivity contribution is 14.0. The van der Waals surface area contributed by atoms with E-state index in [-0.39, 0.29) is 30.1 Å². The molecule has 0 aromatic carbocycles. The molecule has 0 amide bonds. The first-order valence-corrected chi connectivity index (χ1v) is 9.27. The van der Waals surface area contributed by atoms with Gasteiger partial charge in [0, 0.05) is 30.3 Å². The van der Waals surface area contributed by atoms with Crippen molar-refractivity contribution in [3.05, 3.63) is 0 Å². The normalized spacial score (nSPS) is 32.8. The number of aliphatic hydroxyl groups excluding tert-OH is 1. The zero-order chi connectivity index (χ0) is 14.4. The molecule has 0 heterocycles. The molecule has 4 unspecified atom stereocenters. The molecule has 2 aliphatic carbocycles. The van der Waals surface area contributed by atoms with Gasteiger partial charge in [0.25, 0.3) is 0 Å². The van der Waals surface area contributed by atoms with Gasteiger partial charge in [-0.15, -0.1) is 24.0 Å². The van der Waals surface area contributed by atoms with Crippen molar-refractivity contribution in [2.24, 2.45) is 10.9 Å². The highest BCUT2D eigenvalue weighted by atomic mass is 127. The average Bonchev–Trinajstić information content (AvgIpc) is 3.05. The summed E-state index contributed by atoms with van der Waals surface area (Å²) in [7, 11) is 0. The van der Waals surface area contributed by atoms with Gasteiger partial charge >= 0.3 is 0 Å². The molecule has 4 nitrogen and oxygen atoms in total. The molecule has 2 fully saturated rings. The Kier molecular flexibility index (Phi) is 9.36. The van der Waals surface area contributed by atoms with Gasteiger partial charge in [0.1, 0.15) is 0 Å². The molecule has 3 N–H and O–H groups in total. The lowest BCUT2D eigenvalue weighted by molar-refractivity contribution is 0.136. The van der Waals surface area contributed by atoms with Gasteiger partial charge in [-0.25, -0.2) is 0 Å². The van der Waals surface area contributed by atoms with Crippen molar-refractivity contribution in [2.75, 3.05) is 19.3 Å². The van der Waals surface area contributed by atoms with Crippen LogP contribution in [0.3, 0.4) is 0 Å². The van der Waals surface area contributed by atoms with E-state index < -0.39 is 0 Å². The molecule has 2 aliphatic rings. The SMILES string of the molecule is CCNC(=NCC1CCCC1O)NC1CCC(SC)C1.I. The molecule has 21 heavy (non-hydrogen) atoms. The van der Waals surface area contributed by atoms with Crippen molar-refractivity contribution < 1.29 is 5.11 Å². The molecule has 124 valence electrons. The molecule has 0 bridgehead atoms. The van der Waals surface area contributed by atoms with Crippen molar-refractivity contribution >= 4 is 41.7 Å². The molecular formula is C15H30IN3OS. The molecule has 2 saturated carbocycles. The van der Waals surface area contributed by atoms with Gasteiger partial charge in [-0.2, -0.15) is 11.8 Å². The van der Waals surface area contributed by atoms with E-state index in [9.17, 15) is 5.11 Å². The summed E-state index contributed by atoms with van der Waals surface area (Å²) in [5.74, 6) is 1.28. The number of aliphatic imine (C=N–C) groups is 1. The number of hydrogen-bond donors (Lipinski definition) is 3.